The molecule has 4 rings (SSSR count). The number of hydrogen-bond donors (Lipinski definition) is 1. The monoisotopic (exact) mass is 509 g/mol. The lowest BCUT2D eigenvalue weighted by molar-refractivity contribution is -0.153. The van der Waals surface area contributed by atoms with E-state index in [1.54, 1.807) is 36.3 Å². The number of nitrogens with one attached hydrogen (secondary N) is 1. The Bertz CT molecular complexity index is 1280. The number of benzene rings is 1. The molecule has 0 radical (unpaired) electrons. The van der Waals surface area contributed by atoms with Crippen molar-refractivity contribution >= 4 is 10.0 Å². The lowest BCUT2D eigenvalue weighted by atomic mass is 10.1. The van der Waals surface area contributed by atoms with Gasteiger partial charge in [-0.15, -0.1) is 0 Å². The van der Waals surface area contributed by atoms with Gasteiger partial charge in [-0.1, -0.05) is 0 Å². The smallest absolute Gasteiger partial charge is 0.422 e. The first-order valence-corrected chi connectivity index (χ1v) is 12.5. The van der Waals surface area contributed by atoms with Gasteiger partial charge < -0.3 is 9.64 Å². The highest BCUT2D eigenvalue weighted by Gasteiger charge is 2.28. The van der Waals surface area contributed by atoms with Gasteiger partial charge in [0.1, 0.15) is 5.75 Å². The number of aryl methyl sites for hydroxylation is 1. The first kappa shape index (κ1) is 25.1. The van der Waals surface area contributed by atoms with Crippen LogP contribution in [0.4, 0.5) is 13.2 Å². The average molecular weight is 510 g/mol. The summed E-state index contributed by atoms with van der Waals surface area (Å²) in [4.78, 5) is 6.73. The second kappa shape index (κ2) is 9.96. The SMILES string of the molecule is CN1CCC[C@@H](NS(=O)(=O)c2cc(-c3ccc(OCC(F)(F)F)cc3)nc(-c3cnn(C)c3)c2)C1. The van der Waals surface area contributed by atoms with Crippen molar-refractivity contribution in [3.63, 3.8) is 0 Å². The summed E-state index contributed by atoms with van der Waals surface area (Å²) in [5.74, 6) is 0.0467. The summed E-state index contributed by atoms with van der Waals surface area (Å²) >= 11 is 0. The Labute approximate surface area is 201 Å². The zero-order valence-corrected chi connectivity index (χ0v) is 20.1. The Kier molecular flexibility index (Phi) is 7.15. The van der Waals surface area contributed by atoms with Gasteiger partial charge in [0, 0.05) is 37.0 Å². The Balaban J connectivity index is 1.67. The molecule has 1 saturated heterocycles. The molecule has 8 nitrogen and oxygen atoms in total. The fraction of sp³-hybridized carbons (Fsp3) is 0.391. The standard InChI is InChI=1S/C23H26F3N5O3S/c1-30-9-3-4-18(14-30)29-35(32,33)20-10-21(28-22(11-20)17-12-27-31(2)13-17)16-5-7-19(8-6-16)34-15-23(24,25)26/h5-8,10-13,18,29H,3-4,9,14-15H2,1-2H3/t18-/m1/s1. The van der Waals surface area contributed by atoms with Crippen molar-refractivity contribution in [1.82, 2.24) is 24.4 Å². The molecule has 3 heterocycles. The molecule has 2 aromatic heterocycles. The molecule has 1 atom stereocenters. The van der Waals surface area contributed by atoms with E-state index < -0.39 is 22.8 Å². The molecule has 0 bridgehead atoms. The van der Waals surface area contributed by atoms with Gasteiger partial charge >= 0.3 is 6.18 Å². The van der Waals surface area contributed by atoms with Crippen LogP contribution in [0.5, 0.6) is 5.75 Å². The number of ether oxygens (including phenoxy) is 1. The van der Waals surface area contributed by atoms with Crippen molar-refractivity contribution in [3.05, 3.63) is 48.8 Å². The van der Waals surface area contributed by atoms with Crippen molar-refractivity contribution in [2.75, 3.05) is 26.7 Å². The molecule has 0 saturated carbocycles. The van der Waals surface area contributed by atoms with Crippen LogP contribution in [0.15, 0.2) is 53.7 Å². The lowest BCUT2D eigenvalue weighted by Gasteiger charge is -2.30. The normalized spacial score (nSPS) is 17.5. The van der Waals surface area contributed by atoms with E-state index in [1.807, 2.05) is 7.05 Å². The van der Waals surface area contributed by atoms with Crippen molar-refractivity contribution < 1.29 is 26.3 Å². The molecular weight excluding hydrogens is 483 g/mol. The Hall–Kier alpha value is -2.96. The molecule has 1 aliphatic heterocycles. The molecule has 0 unspecified atom stereocenters. The zero-order valence-electron chi connectivity index (χ0n) is 19.3. The summed E-state index contributed by atoms with van der Waals surface area (Å²) in [7, 11) is -0.170. The third kappa shape index (κ3) is 6.59. The van der Waals surface area contributed by atoms with Crippen LogP contribution < -0.4 is 9.46 Å². The second-order valence-corrected chi connectivity index (χ2v) is 10.3. The molecule has 1 aromatic carbocycles. The number of likely N-dealkylation sites (tertiary alicyclic amines) is 1. The highest BCUT2D eigenvalue weighted by molar-refractivity contribution is 7.89. The minimum atomic E-state index is -4.44. The number of piperidine rings is 1. The van der Waals surface area contributed by atoms with E-state index in [0.717, 1.165) is 19.4 Å². The van der Waals surface area contributed by atoms with Crippen molar-refractivity contribution in [2.45, 2.75) is 30.0 Å². The predicted octanol–water partition coefficient (Wildman–Crippen LogP) is 3.46. The molecule has 35 heavy (non-hydrogen) atoms. The van der Waals surface area contributed by atoms with E-state index in [2.05, 4.69) is 19.7 Å². The molecule has 0 aliphatic carbocycles. The summed E-state index contributed by atoms with van der Waals surface area (Å²) in [6, 6.07) is 8.62. The Morgan fingerprint density at radius 2 is 1.80 bits per heavy atom. The summed E-state index contributed by atoms with van der Waals surface area (Å²) in [5.41, 5.74) is 1.93. The minimum Gasteiger partial charge on any atom is -0.484 e. The first-order chi connectivity index (χ1) is 16.5. The van der Waals surface area contributed by atoms with Gasteiger partial charge in [-0.05, 0) is 62.8 Å². The highest BCUT2D eigenvalue weighted by atomic mass is 32.2. The van der Waals surface area contributed by atoms with Gasteiger partial charge in [0.2, 0.25) is 10.0 Å². The summed E-state index contributed by atoms with van der Waals surface area (Å²) < 4.78 is 73.1. The van der Waals surface area contributed by atoms with Gasteiger partial charge in [0.25, 0.3) is 0 Å². The number of pyridine rings is 1. The highest BCUT2D eigenvalue weighted by Crippen LogP contribution is 2.29. The number of nitrogens with zero attached hydrogens (tertiary/aromatic N) is 4. The third-order valence-corrected chi connectivity index (χ3v) is 7.11. The van der Waals surface area contributed by atoms with Crippen LogP contribution in [0.1, 0.15) is 12.8 Å². The van der Waals surface area contributed by atoms with E-state index >= 15 is 0 Å². The van der Waals surface area contributed by atoms with Crippen molar-refractivity contribution in [2.24, 2.45) is 7.05 Å². The first-order valence-electron chi connectivity index (χ1n) is 11.0. The summed E-state index contributed by atoms with van der Waals surface area (Å²) in [5, 5.41) is 4.14. The molecule has 12 heteroatoms. The predicted molar refractivity (Wildman–Crippen MR) is 124 cm³/mol. The Morgan fingerprint density at radius 1 is 1.11 bits per heavy atom. The zero-order chi connectivity index (χ0) is 25.2. The van der Waals surface area contributed by atoms with E-state index in [0.29, 0.717) is 29.1 Å². The van der Waals surface area contributed by atoms with E-state index in [1.165, 1.54) is 24.3 Å². The number of alkyl halides is 3. The maximum Gasteiger partial charge on any atom is 0.422 e. The number of hydrogen-bond acceptors (Lipinski definition) is 6. The Morgan fingerprint density at radius 3 is 2.40 bits per heavy atom. The van der Waals surface area contributed by atoms with Crippen LogP contribution in [-0.2, 0) is 17.1 Å². The van der Waals surface area contributed by atoms with E-state index in [-0.39, 0.29) is 16.7 Å². The quantitative estimate of drug-likeness (QED) is 0.525. The molecule has 1 aliphatic rings. The van der Waals surface area contributed by atoms with Crippen molar-refractivity contribution in [1.29, 1.82) is 0 Å². The van der Waals surface area contributed by atoms with Crippen LogP contribution in [0.3, 0.4) is 0 Å². The van der Waals surface area contributed by atoms with Crippen molar-refractivity contribution in [3.8, 4) is 28.3 Å². The number of likely N-dealkylation sites (N-methyl/N-ethyl adjacent to an activating group) is 1. The van der Waals surface area contributed by atoms with E-state index in [4.69, 9.17) is 4.74 Å². The topological polar surface area (TPSA) is 89.3 Å². The lowest BCUT2D eigenvalue weighted by Crippen LogP contribution is -2.46. The number of sulfonamides is 1. The molecule has 188 valence electrons. The van der Waals surface area contributed by atoms with Crippen LogP contribution in [0, 0.1) is 0 Å². The molecule has 0 spiro atoms. The number of aromatic nitrogens is 3. The summed E-state index contributed by atoms with van der Waals surface area (Å²) in [6.07, 6.45) is 0.507. The maximum absolute atomic E-state index is 13.3. The molecular formula is C23H26F3N5O3S. The van der Waals surface area contributed by atoms with Crippen LogP contribution >= 0.6 is 0 Å². The minimum absolute atomic E-state index is 0.0467. The fourth-order valence-electron chi connectivity index (χ4n) is 3.95. The maximum atomic E-state index is 13.3. The van der Waals surface area contributed by atoms with Crippen LogP contribution in [-0.4, -0.2) is 67.0 Å². The fourth-order valence-corrected chi connectivity index (χ4v) is 5.25. The van der Waals surface area contributed by atoms with Crippen LogP contribution in [0.2, 0.25) is 0 Å². The van der Waals surface area contributed by atoms with Gasteiger partial charge in [0.15, 0.2) is 6.61 Å². The van der Waals surface area contributed by atoms with Crippen LogP contribution in [0.25, 0.3) is 22.5 Å². The average Bonchev–Trinajstić information content (AvgIpc) is 3.23. The van der Waals surface area contributed by atoms with Gasteiger partial charge in [-0.2, -0.15) is 18.3 Å². The number of rotatable bonds is 7. The second-order valence-electron chi connectivity index (χ2n) is 8.63. The van der Waals surface area contributed by atoms with Gasteiger partial charge in [-0.25, -0.2) is 18.1 Å². The molecule has 3 aromatic rings. The largest absolute Gasteiger partial charge is 0.484 e. The summed E-state index contributed by atoms with van der Waals surface area (Å²) in [6.45, 7) is 0.142. The van der Waals surface area contributed by atoms with Gasteiger partial charge in [-0.3, -0.25) is 4.68 Å². The molecule has 1 fully saturated rings. The molecule has 1 N–H and O–H groups in total. The van der Waals surface area contributed by atoms with Gasteiger partial charge in [0.05, 0.1) is 22.5 Å². The third-order valence-electron chi connectivity index (χ3n) is 5.61. The van der Waals surface area contributed by atoms with E-state index in [9.17, 15) is 21.6 Å². The number of halogens is 3. The molecule has 0 amide bonds.